The Kier molecular flexibility index (Phi) is 5.41. The van der Waals surface area contributed by atoms with Gasteiger partial charge in [0.15, 0.2) is 17.5 Å². The van der Waals surface area contributed by atoms with Crippen LogP contribution in [0, 0.1) is 12.8 Å². The second kappa shape index (κ2) is 8.36. The summed E-state index contributed by atoms with van der Waals surface area (Å²) in [6.07, 6.45) is 5.57. The molecule has 0 spiro atoms. The van der Waals surface area contributed by atoms with E-state index in [1.165, 1.54) is 0 Å². The number of amides is 1. The molecule has 1 aliphatic carbocycles. The molecule has 5 rings (SSSR count). The van der Waals surface area contributed by atoms with E-state index in [4.69, 9.17) is 9.15 Å². The molecule has 1 saturated carbocycles. The number of carbonyl (C=O) groups is 1. The SMILES string of the molecule is Cc1ncc(-c2ccc3nnc(NC(=O)C4CCC(N(C)C5COC5)CC4)cc3c2)o1. The van der Waals surface area contributed by atoms with Gasteiger partial charge in [-0.1, -0.05) is 0 Å². The summed E-state index contributed by atoms with van der Waals surface area (Å²) in [4.78, 5) is 19.4. The summed E-state index contributed by atoms with van der Waals surface area (Å²) < 4.78 is 10.9. The minimum absolute atomic E-state index is 0.0169. The quantitative estimate of drug-likeness (QED) is 0.675. The van der Waals surface area contributed by atoms with Crippen molar-refractivity contribution < 1.29 is 13.9 Å². The van der Waals surface area contributed by atoms with Crippen molar-refractivity contribution in [3.8, 4) is 11.3 Å². The number of likely N-dealkylation sites (N-methyl/N-ethyl adjacent to an activating group) is 1. The number of aromatic nitrogens is 3. The van der Waals surface area contributed by atoms with Gasteiger partial charge in [-0.3, -0.25) is 9.69 Å². The lowest BCUT2D eigenvalue weighted by molar-refractivity contribution is -0.121. The Morgan fingerprint density at radius 1 is 1.10 bits per heavy atom. The van der Waals surface area contributed by atoms with Gasteiger partial charge in [-0.2, -0.15) is 0 Å². The van der Waals surface area contributed by atoms with Crippen LogP contribution in [0.3, 0.4) is 0 Å². The average Bonchev–Trinajstić information content (AvgIpc) is 3.18. The molecule has 0 radical (unpaired) electrons. The van der Waals surface area contributed by atoms with E-state index in [1.54, 1.807) is 6.20 Å². The van der Waals surface area contributed by atoms with Gasteiger partial charge in [0.05, 0.1) is 31.0 Å². The molecule has 31 heavy (non-hydrogen) atoms. The van der Waals surface area contributed by atoms with Crippen molar-refractivity contribution in [2.45, 2.75) is 44.7 Å². The van der Waals surface area contributed by atoms with Crippen LogP contribution < -0.4 is 5.32 Å². The Morgan fingerprint density at radius 2 is 1.90 bits per heavy atom. The van der Waals surface area contributed by atoms with Crippen LogP contribution in [-0.2, 0) is 9.53 Å². The number of hydrogen-bond acceptors (Lipinski definition) is 7. The molecule has 1 aromatic carbocycles. The first-order valence-corrected chi connectivity index (χ1v) is 10.9. The highest BCUT2D eigenvalue weighted by Gasteiger charge is 2.33. The number of hydrogen-bond donors (Lipinski definition) is 1. The fourth-order valence-corrected chi connectivity index (χ4v) is 4.48. The Bertz CT molecular complexity index is 1090. The van der Waals surface area contributed by atoms with E-state index in [2.05, 4.69) is 32.4 Å². The summed E-state index contributed by atoms with van der Waals surface area (Å²) in [5, 5.41) is 12.3. The first-order valence-electron chi connectivity index (χ1n) is 10.9. The molecule has 0 atom stereocenters. The minimum atomic E-state index is 0.0169. The molecule has 1 amide bonds. The average molecular weight is 422 g/mol. The normalized spacial score (nSPS) is 21.9. The number of benzene rings is 1. The third-order valence-corrected chi connectivity index (χ3v) is 6.58. The van der Waals surface area contributed by atoms with Crippen molar-refractivity contribution in [2.24, 2.45) is 5.92 Å². The largest absolute Gasteiger partial charge is 0.441 e. The molecule has 2 aliphatic rings. The first kappa shape index (κ1) is 20.1. The van der Waals surface area contributed by atoms with Gasteiger partial charge < -0.3 is 14.5 Å². The maximum Gasteiger partial charge on any atom is 0.228 e. The van der Waals surface area contributed by atoms with Gasteiger partial charge in [0, 0.05) is 29.8 Å². The number of rotatable bonds is 5. The summed E-state index contributed by atoms with van der Waals surface area (Å²) in [6.45, 7) is 3.47. The molecule has 1 aliphatic heterocycles. The van der Waals surface area contributed by atoms with Crippen LogP contribution in [0.5, 0.6) is 0 Å². The topological polar surface area (TPSA) is 93.4 Å². The van der Waals surface area contributed by atoms with E-state index in [-0.39, 0.29) is 11.8 Å². The van der Waals surface area contributed by atoms with Crippen molar-refractivity contribution in [1.29, 1.82) is 0 Å². The molecule has 2 aromatic heterocycles. The summed E-state index contributed by atoms with van der Waals surface area (Å²) in [5.74, 6) is 1.86. The monoisotopic (exact) mass is 421 g/mol. The van der Waals surface area contributed by atoms with Gasteiger partial charge in [0.2, 0.25) is 5.91 Å². The zero-order chi connectivity index (χ0) is 21.4. The van der Waals surface area contributed by atoms with E-state index in [1.807, 2.05) is 31.2 Å². The molecule has 3 heterocycles. The van der Waals surface area contributed by atoms with Crippen LogP contribution >= 0.6 is 0 Å². The number of nitrogens with zero attached hydrogens (tertiary/aromatic N) is 4. The summed E-state index contributed by atoms with van der Waals surface area (Å²) >= 11 is 0. The minimum Gasteiger partial charge on any atom is -0.441 e. The van der Waals surface area contributed by atoms with Crippen molar-refractivity contribution in [3.63, 3.8) is 0 Å². The fraction of sp³-hybridized carbons (Fsp3) is 0.478. The maximum atomic E-state index is 12.8. The second-order valence-electron chi connectivity index (χ2n) is 8.60. The Balaban J connectivity index is 1.24. The highest BCUT2D eigenvalue weighted by Crippen LogP contribution is 2.30. The fourth-order valence-electron chi connectivity index (χ4n) is 4.48. The number of fused-ring (bicyclic) bond motifs is 1. The van der Waals surface area contributed by atoms with Crippen molar-refractivity contribution in [1.82, 2.24) is 20.1 Å². The third kappa shape index (κ3) is 4.18. The third-order valence-electron chi connectivity index (χ3n) is 6.58. The number of aryl methyl sites for hydroxylation is 1. The Hall–Kier alpha value is -2.84. The number of anilines is 1. The molecular weight excluding hydrogens is 394 g/mol. The molecule has 162 valence electrons. The molecule has 0 unspecified atom stereocenters. The van der Waals surface area contributed by atoms with Crippen molar-refractivity contribution in [3.05, 3.63) is 36.4 Å². The molecule has 3 aromatic rings. The molecular formula is C23H27N5O3. The van der Waals surface area contributed by atoms with Crippen molar-refractivity contribution >= 4 is 22.6 Å². The van der Waals surface area contributed by atoms with Gasteiger partial charge >= 0.3 is 0 Å². The summed E-state index contributed by atoms with van der Waals surface area (Å²) in [6, 6.07) is 8.74. The van der Waals surface area contributed by atoms with Crippen LogP contribution in [0.1, 0.15) is 31.6 Å². The molecule has 0 bridgehead atoms. The number of oxazole rings is 1. The molecule has 2 fully saturated rings. The summed E-state index contributed by atoms with van der Waals surface area (Å²) in [7, 11) is 2.18. The number of nitrogens with one attached hydrogen (secondary N) is 1. The number of ether oxygens (including phenoxy) is 1. The van der Waals surface area contributed by atoms with E-state index in [9.17, 15) is 4.79 Å². The lowest BCUT2D eigenvalue weighted by atomic mass is 9.84. The van der Waals surface area contributed by atoms with Gasteiger partial charge in [0.25, 0.3) is 0 Å². The predicted octanol–water partition coefficient (Wildman–Crippen LogP) is 3.42. The Labute approximate surface area is 181 Å². The van der Waals surface area contributed by atoms with Crippen LogP contribution in [0.2, 0.25) is 0 Å². The van der Waals surface area contributed by atoms with Gasteiger partial charge in [0.1, 0.15) is 0 Å². The zero-order valence-electron chi connectivity index (χ0n) is 17.9. The van der Waals surface area contributed by atoms with E-state index in [0.717, 1.165) is 55.4 Å². The maximum absolute atomic E-state index is 12.8. The predicted molar refractivity (Wildman–Crippen MR) is 117 cm³/mol. The molecule has 1 saturated heterocycles. The van der Waals surface area contributed by atoms with Crippen LogP contribution in [-0.4, -0.2) is 58.3 Å². The Morgan fingerprint density at radius 3 is 2.58 bits per heavy atom. The van der Waals surface area contributed by atoms with Crippen LogP contribution in [0.15, 0.2) is 34.9 Å². The number of carbonyl (C=O) groups excluding carboxylic acids is 1. The van der Waals surface area contributed by atoms with Crippen LogP contribution in [0.4, 0.5) is 5.82 Å². The van der Waals surface area contributed by atoms with Crippen LogP contribution in [0.25, 0.3) is 22.2 Å². The van der Waals surface area contributed by atoms with E-state index < -0.39 is 0 Å². The summed E-state index contributed by atoms with van der Waals surface area (Å²) in [5.41, 5.74) is 1.68. The molecule has 1 N–H and O–H groups in total. The molecule has 8 heteroatoms. The highest BCUT2D eigenvalue weighted by atomic mass is 16.5. The van der Waals surface area contributed by atoms with Crippen molar-refractivity contribution in [2.75, 3.05) is 25.6 Å². The lowest BCUT2D eigenvalue weighted by Gasteiger charge is -2.42. The second-order valence-corrected chi connectivity index (χ2v) is 8.60. The van der Waals surface area contributed by atoms with E-state index in [0.29, 0.717) is 29.6 Å². The molecule has 8 nitrogen and oxygen atoms in total. The standard InChI is InChI=1S/C23H27N5O3/c1-14-24-11-21(31-14)16-5-8-20-17(9-16)10-22(27-26-20)25-23(29)15-3-6-18(7-4-15)28(2)19-12-30-13-19/h5,8-11,15,18-19H,3-4,6-7,12-13H2,1-2H3,(H,25,27,29). The first-order chi connectivity index (χ1) is 15.1. The van der Waals surface area contributed by atoms with Gasteiger partial charge in [-0.05, 0) is 57.0 Å². The van der Waals surface area contributed by atoms with Gasteiger partial charge in [-0.25, -0.2) is 4.98 Å². The lowest BCUT2D eigenvalue weighted by Crippen LogP contribution is -2.52. The smallest absolute Gasteiger partial charge is 0.228 e. The van der Waals surface area contributed by atoms with E-state index >= 15 is 0 Å². The highest BCUT2D eigenvalue weighted by molar-refractivity contribution is 5.94. The zero-order valence-corrected chi connectivity index (χ0v) is 17.9. The van der Waals surface area contributed by atoms with Gasteiger partial charge in [-0.15, -0.1) is 10.2 Å².